The number of aryl methyl sites for hydroxylation is 1. The van der Waals surface area contributed by atoms with Crippen LogP contribution in [-0.4, -0.2) is 65.1 Å². The van der Waals surface area contributed by atoms with Crippen LogP contribution in [0.3, 0.4) is 0 Å². The van der Waals surface area contributed by atoms with E-state index in [1.165, 1.54) is 11.1 Å². The highest BCUT2D eigenvalue weighted by Crippen LogP contribution is 2.32. The number of rotatable bonds is 4. The number of carbonyl (C=O) groups excluding carboxylic acids is 1. The van der Waals surface area contributed by atoms with Crippen molar-refractivity contribution in [2.45, 2.75) is 25.7 Å². The highest BCUT2D eigenvalue weighted by atomic mass is 16.3. The Balaban J connectivity index is 1.53. The van der Waals surface area contributed by atoms with Gasteiger partial charge in [-0.05, 0) is 24.8 Å². The van der Waals surface area contributed by atoms with Crippen molar-refractivity contribution in [3.05, 3.63) is 52.8 Å². The van der Waals surface area contributed by atoms with Gasteiger partial charge in [-0.2, -0.15) is 0 Å². The van der Waals surface area contributed by atoms with Gasteiger partial charge >= 0.3 is 0 Å². The minimum absolute atomic E-state index is 0.141. The smallest absolute Gasteiger partial charge is 0.225 e. The zero-order valence-corrected chi connectivity index (χ0v) is 15.8. The summed E-state index contributed by atoms with van der Waals surface area (Å²) in [5, 5.41) is 9.08. The third kappa shape index (κ3) is 3.87. The molecule has 2 aliphatic rings. The molecular formula is C21H26N4O2. The second-order valence-electron chi connectivity index (χ2n) is 7.53. The minimum atomic E-state index is 0.141. The molecule has 6 heteroatoms. The molecule has 27 heavy (non-hydrogen) atoms. The van der Waals surface area contributed by atoms with Crippen molar-refractivity contribution >= 4 is 11.7 Å². The van der Waals surface area contributed by atoms with Crippen molar-refractivity contribution in [2.24, 2.45) is 0 Å². The number of hydrogen-bond donors (Lipinski definition) is 1. The summed E-state index contributed by atoms with van der Waals surface area (Å²) in [6.07, 6.45) is 3.02. The molecule has 2 aromatic rings. The van der Waals surface area contributed by atoms with Gasteiger partial charge in [0.1, 0.15) is 0 Å². The fourth-order valence-electron chi connectivity index (χ4n) is 4.06. The molecule has 0 saturated carbocycles. The molecule has 1 saturated heterocycles. The molecular weight excluding hydrogens is 340 g/mol. The summed E-state index contributed by atoms with van der Waals surface area (Å²) < 4.78 is 0. The van der Waals surface area contributed by atoms with Crippen LogP contribution >= 0.6 is 0 Å². The van der Waals surface area contributed by atoms with Gasteiger partial charge in [0.2, 0.25) is 5.95 Å². The number of Topliss-reactive ketones (excluding diaryl/α,β-unsaturated/α-hetero) is 1. The van der Waals surface area contributed by atoms with Crippen LogP contribution in [0.5, 0.6) is 0 Å². The predicted octanol–water partition coefficient (Wildman–Crippen LogP) is 1.81. The molecule has 0 spiro atoms. The zero-order chi connectivity index (χ0) is 18.8. The summed E-state index contributed by atoms with van der Waals surface area (Å²) in [4.78, 5) is 26.3. The lowest BCUT2D eigenvalue weighted by Crippen LogP contribution is -2.47. The monoisotopic (exact) mass is 366 g/mol. The van der Waals surface area contributed by atoms with Crippen LogP contribution < -0.4 is 4.90 Å². The number of ketones is 1. The number of anilines is 1. The van der Waals surface area contributed by atoms with Crippen LogP contribution in [0, 0.1) is 6.92 Å². The molecule has 1 aliphatic heterocycles. The van der Waals surface area contributed by atoms with Crippen LogP contribution in [0.15, 0.2) is 30.5 Å². The number of aliphatic hydroxyl groups is 1. The van der Waals surface area contributed by atoms with Crippen molar-refractivity contribution in [3.8, 4) is 0 Å². The number of piperazine rings is 1. The van der Waals surface area contributed by atoms with E-state index in [-0.39, 0.29) is 18.3 Å². The second kappa shape index (κ2) is 7.74. The predicted molar refractivity (Wildman–Crippen MR) is 104 cm³/mol. The van der Waals surface area contributed by atoms with E-state index in [9.17, 15) is 4.79 Å². The molecule has 1 aromatic heterocycles. The normalized spacial score (nSPS) is 20.6. The fraction of sp³-hybridized carbons (Fsp3) is 0.476. The Kier molecular flexibility index (Phi) is 5.18. The van der Waals surface area contributed by atoms with Gasteiger partial charge < -0.3 is 10.0 Å². The summed E-state index contributed by atoms with van der Waals surface area (Å²) in [6, 6.07) is 8.42. The van der Waals surface area contributed by atoms with Crippen LogP contribution in [0.4, 0.5) is 5.95 Å². The summed E-state index contributed by atoms with van der Waals surface area (Å²) >= 11 is 0. The number of β-amino-alcohol motifs (C(OH)–C–C–N with tert-alkyl or cyclic N) is 1. The van der Waals surface area contributed by atoms with Crippen molar-refractivity contribution in [2.75, 3.05) is 44.2 Å². The van der Waals surface area contributed by atoms with Crippen LogP contribution in [0.1, 0.15) is 39.5 Å². The largest absolute Gasteiger partial charge is 0.395 e. The first kappa shape index (κ1) is 18.1. The Morgan fingerprint density at radius 3 is 2.74 bits per heavy atom. The van der Waals surface area contributed by atoms with Crippen LogP contribution in [0.25, 0.3) is 0 Å². The molecule has 2 heterocycles. The zero-order valence-electron chi connectivity index (χ0n) is 15.8. The topological polar surface area (TPSA) is 69.6 Å². The molecule has 1 unspecified atom stereocenters. The minimum Gasteiger partial charge on any atom is -0.395 e. The molecule has 0 radical (unpaired) electrons. The third-order valence-corrected chi connectivity index (χ3v) is 5.61. The molecule has 6 nitrogen and oxygen atoms in total. The first-order valence-electron chi connectivity index (χ1n) is 9.68. The molecule has 1 atom stereocenters. The molecule has 1 fully saturated rings. The number of aromatic nitrogens is 2. The van der Waals surface area contributed by atoms with E-state index in [1.54, 1.807) is 6.20 Å². The SMILES string of the molecule is Cc1cccc(C2CC(=O)c3cnc(N4CCN(CCO)CC4)nc3C2)c1. The van der Waals surface area contributed by atoms with E-state index >= 15 is 0 Å². The Morgan fingerprint density at radius 1 is 1.19 bits per heavy atom. The van der Waals surface area contributed by atoms with E-state index in [0.29, 0.717) is 18.5 Å². The van der Waals surface area contributed by atoms with E-state index in [2.05, 4.69) is 46.0 Å². The number of aliphatic hydroxyl groups excluding tert-OH is 1. The molecule has 0 amide bonds. The van der Waals surface area contributed by atoms with Crippen molar-refractivity contribution in [1.82, 2.24) is 14.9 Å². The molecule has 1 aliphatic carbocycles. The van der Waals surface area contributed by atoms with Crippen LogP contribution in [0.2, 0.25) is 0 Å². The fourth-order valence-corrected chi connectivity index (χ4v) is 4.06. The van der Waals surface area contributed by atoms with Gasteiger partial charge in [-0.15, -0.1) is 0 Å². The quantitative estimate of drug-likeness (QED) is 0.890. The standard InChI is InChI=1S/C21H26N4O2/c1-15-3-2-4-16(11-15)17-12-19-18(20(27)13-17)14-22-21(23-19)25-7-5-24(6-8-25)9-10-26/h2-4,11,14,17,26H,5-10,12-13H2,1H3. The third-order valence-electron chi connectivity index (χ3n) is 5.61. The Bertz CT molecular complexity index is 831. The van der Waals surface area contributed by atoms with Gasteiger partial charge in [0.05, 0.1) is 17.9 Å². The van der Waals surface area contributed by atoms with Gasteiger partial charge in [-0.25, -0.2) is 9.97 Å². The summed E-state index contributed by atoms with van der Waals surface area (Å²) in [7, 11) is 0. The first-order valence-corrected chi connectivity index (χ1v) is 9.68. The van der Waals surface area contributed by atoms with Gasteiger partial charge in [-0.1, -0.05) is 29.8 Å². The average molecular weight is 366 g/mol. The summed E-state index contributed by atoms with van der Waals surface area (Å²) in [5.74, 6) is 1.05. The molecule has 142 valence electrons. The number of nitrogens with zero attached hydrogens (tertiary/aromatic N) is 4. The number of carbonyl (C=O) groups is 1. The van der Waals surface area contributed by atoms with Crippen LogP contribution in [-0.2, 0) is 6.42 Å². The van der Waals surface area contributed by atoms with E-state index in [4.69, 9.17) is 10.1 Å². The Hall–Kier alpha value is -2.31. The van der Waals surface area contributed by atoms with E-state index < -0.39 is 0 Å². The lowest BCUT2D eigenvalue weighted by molar-refractivity contribution is 0.0962. The second-order valence-corrected chi connectivity index (χ2v) is 7.53. The molecule has 1 aromatic carbocycles. The molecule has 0 bridgehead atoms. The summed E-state index contributed by atoms with van der Waals surface area (Å²) in [6.45, 7) is 6.46. The first-order chi connectivity index (χ1) is 13.1. The maximum absolute atomic E-state index is 12.6. The number of benzene rings is 1. The van der Waals surface area contributed by atoms with Crippen molar-refractivity contribution in [3.63, 3.8) is 0 Å². The maximum atomic E-state index is 12.6. The van der Waals surface area contributed by atoms with Crippen molar-refractivity contribution < 1.29 is 9.90 Å². The molecule has 1 N–H and O–H groups in total. The van der Waals surface area contributed by atoms with Gasteiger partial charge in [0.15, 0.2) is 5.78 Å². The number of hydrogen-bond acceptors (Lipinski definition) is 6. The van der Waals surface area contributed by atoms with E-state index in [0.717, 1.165) is 44.2 Å². The highest BCUT2D eigenvalue weighted by molar-refractivity contribution is 5.98. The Morgan fingerprint density at radius 2 is 2.00 bits per heavy atom. The van der Waals surface area contributed by atoms with Gasteiger partial charge in [0, 0.05) is 45.3 Å². The van der Waals surface area contributed by atoms with Crippen molar-refractivity contribution in [1.29, 1.82) is 0 Å². The summed E-state index contributed by atoms with van der Waals surface area (Å²) in [5.41, 5.74) is 3.99. The maximum Gasteiger partial charge on any atom is 0.225 e. The number of fused-ring (bicyclic) bond motifs is 1. The average Bonchev–Trinajstić information content (AvgIpc) is 2.68. The van der Waals surface area contributed by atoms with Gasteiger partial charge in [-0.3, -0.25) is 9.69 Å². The lowest BCUT2D eigenvalue weighted by Gasteiger charge is -2.34. The Labute approximate surface area is 159 Å². The highest BCUT2D eigenvalue weighted by Gasteiger charge is 2.29. The van der Waals surface area contributed by atoms with Gasteiger partial charge in [0.25, 0.3) is 0 Å². The lowest BCUT2D eigenvalue weighted by atomic mass is 9.82. The van der Waals surface area contributed by atoms with E-state index in [1.807, 2.05) is 0 Å². The molecule has 4 rings (SSSR count).